The molecule has 1 aromatic heterocycles. The molecule has 1 aliphatic heterocycles. The number of carbonyl (C=O) groups is 1. The largest absolute Gasteiger partial charge is 0.369 e. The molecule has 18 heavy (non-hydrogen) atoms. The highest BCUT2D eigenvalue weighted by Crippen LogP contribution is 2.18. The van der Waals surface area contributed by atoms with Crippen LogP contribution in [-0.2, 0) is 11.3 Å². The topological polar surface area (TPSA) is 58.1 Å². The van der Waals surface area contributed by atoms with Crippen LogP contribution >= 0.6 is 0 Å². The van der Waals surface area contributed by atoms with Crippen LogP contribution in [0.15, 0.2) is 12.4 Å². The number of nitrogens with one attached hydrogen (secondary N) is 1. The van der Waals surface area contributed by atoms with Gasteiger partial charge in [-0.15, -0.1) is 0 Å². The van der Waals surface area contributed by atoms with Crippen LogP contribution in [0, 0.1) is 5.92 Å². The van der Waals surface area contributed by atoms with Gasteiger partial charge < -0.3 is 10.2 Å². The number of nitrogens with zero attached hydrogens (tertiary/aromatic N) is 3. The summed E-state index contributed by atoms with van der Waals surface area (Å²) >= 11 is 0. The Labute approximate surface area is 108 Å². The zero-order valence-electron chi connectivity index (χ0n) is 11.0. The maximum atomic E-state index is 12.0. The molecular weight excluding hydrogens is 228 g/mol. The second-order valence-corrected chi connectivity index (χ2v) is 4.73. The fraction of sp³-hybridized carbons (Fsp3) is 0.615. The molecule has 5 heteroatoms. The summed E-state index contributed by atoms with van der Waals surface area (Å²) in [6, 6.07) is 0. The zero-order valence-corrected chi connectivity index (χ0v) is 11.0. The minimum atomic E-state index is 0.146. The smallest absolute Gasteiger partial charge is 0.225 e. The van der Waals surface area contributed by atoms with Gasteiger partial charge in [0.15, 0.2) is 0 Å². The molecule has 0 radical (unpaired) electrons. The molecule has 1 fully saturated rings. The predicted molar refractivity (Wildman–Crippen MR) is 70.0 cm³/mol. The molecule has 98 valence electrons. The highest BCUT2D eigenvalue weighted by Gasteiger charge is 2.25. The van der Waals surface area contributed by atoms with E-state index in [1.54, 1.807) is 12.4 Å². The van der Waals surface area contributed by atoms with Crippen LogP contribution < -0.4 is 5.32 Å². The van der Waals surface area contributed by atoms with Gasteiger partial charge in [-0.3, -0.25) is 9.78 Å². The average molecular weight is 248 g/mol. The van der Waals surface area contributed by atoms with Crippen molar-refractivity contribution >= 4 is 11.7 Å². The molecule has 0 aromatic carbocycles. The van der Waals surface area contributed by atoms with E-state index in [0.29, 0.717) is 6.54 Å². The highest BCUT2D eigenvalue weighted by atomic mass is 16.2. The lowest BCUT2D eigenvalue weighted by molar-refractivity contribution is -0.138. The molecule has 1 aliphatic rings. The zero-order chi connectivity index (χ0) is 13.0. The van der Waals surface area contributed by atoms with E-state index in [1.165, 1.54) is 0 Å². The van der Waals surface area contributed by atoms with E-state index in [2.05, 4.69) is 15.3 Å². The van der Waals surface area contributed by atoms with E-state index >= 15 is 0 Å². The summed E-state index contributed by atoms with van der Waals surface area (Å²) in [6.07, 6.45) is 5.54. The first kappa shape index (κ1) is 12.8. The molecule has 1 aromatic rings. The molecule has 2 heterocycles. The van der Waals surface area contributed by atoms with Crippen LogP contribution in [0.4, 0.5) is 5.82 Å². The van der Waals surface area contributed by atoms with Crippen LogP contribution in [-0.4, -0.2) is 33.9 Å². The molecule has 1 atom stereocenters. The van der Waals surface area contributed by atoms with Crippen molar-refractivity contribution in [2.24, 2.45) is 5.92 Å². The van der Waals surface area contributed by atoms with E-state index in [0.717, 1.165) is 37.4 Å². The lowest BCUT2D eigenvalue weighted by atomic mass is 9.99. The number of hydrogen-bond acceptors (Lipinski definition) is 4. The second-order valence-electron chi connectivity index (χ2n) is 4.73. The van der Waals surface area contributed by atoms with Crippen molar-refractivity contribution in [1.82, 2.24) is 14.9 Å². The average Bonchev–Trinajstić information content (AvgIpc) is 2.38. The van der Waals surface area contributed by atoms with Crippen LogP contribution in [0.25, 0.3) is 0 Å². The van der Waals surface area contributed by atoms with Crippen molar-refractivity contribution in [2.75, 3.05) is 18.4 Å². The third kappa shape index (κ3) is 2.97. The van der Waals surface area contributed by atoms with Crippen molar-refractivity contribution in [3.05, 3.63) is 18.1 Å². The molecular formula is C13H20N4O. The monoisotopic (exact) mass is 248 g/mol. The number of amides is 1. The van der Waals surface area contributed by atoms with E-state index in [9.17, 15) is 4.79 Å². The maximum Gasteiger partial charge on any atom is 0.225 e. The molecule has 1 N–H and O–H groups in total. The molecule has 1 unspecified atom stereocenters. The first-order valence-electron chi connectivity index (χ1n) is 6.54. The van der Waals surface area contributed by atoms with E-state index in [-0.39, 0.29) is 11.8 Å². The molecule has 1 amide bonds. The number of likely N-dealkylation sites (tertiary alicyclic amines) is 1. The van der Waals surface area contributed by atoms with Crippen LogP contribution in [0.1, 0.15) is 32.4 Å². The minimum Gasteiger partial charge on any atom is -0.369 e. The Morgan fingerprint density at radius 3 is 2.94 bits per heavy atom. The van der Waals surface area contributed by atoms with Crippen molar-refractivity contribution < 1.29 is 4.79 Å². The van der Waals surface area contributed by atoms with Gasteiger partial charge in [-0.1, -0.05) is 6.92 Å². The maximum absolute atomic E-state index is 12.0. The summed E-state index contributed by atoms with van der Waals surface area (Å²) in [5.41, 5.74) is 0.846. The lowest BCUT2D eigenvalue weighted by Crippen LogP contribution is -2.39. The van der Waals surface area contributed by atoms with Gasteiger partial charge in [0.05, 0.1) is 24.6 Å². The van der Waals surface area contributed by atoms with Gasteiger partial charge in [0.2, 0.25) is 5.91 Å². The summed E-state index contributed by atoms with van der Waals surface area (Å²) < 4.78 is 0. The lowest BCUT2D eigenvalue weighted by Gasteiger charge is -2.30. The van der Waals surface area contributed by atoms with E-state index in [1.807, 2.05) is 18.7 Å². The molecule has 0 saturated carbocycles. The summed E-state index contributed by atoms with van der Waals surface area (Å²) in [5, 5.41) is 3.10. The fourth-order valence-corrected chi connectivity index (χ4v) is 2.20. The van der Waals surface area contributed by atoms with Gasteiger partial charge in [-0.25, -0.2) is 4.98 Å². The van der Waals surface area contributed by atoms with Gasteiger partial charge in [-0.2, -0.15) is 0 Å². The van der Waals surface area contributed by atoms with Crippen LogP contribution in [0.3, 0.4) is 0 Å². The first-order chi connectivity index (χ1) is 8.70. The minimum absolute atomic E-state index is 0.146. The van der Waals surface area contributed by atoms with Gasteiger partial charge in [0.25, 0.3) is 0 Å². The highest BCUT2D eigenvalue weighted by molar-refractivity contribution is 5.79. The van der Waals surface area contributed by atoms with E-state index in [4.69, 9.17) is 0 Å². The molecule has 2 rings (SSSR count). The SMILES string of the molecule is CCNc1cnc(CN2CCCC(C)C2=O)cn1. The van der Waals surface area contributed by atoms with Gasteiger partial charge >= 0.3 is 0 Å². The Kier molecular flexibility index (Phi) is 4.12. The fourth-order valence-electron chi connectivity index (χ4n) is 2.20. The Morgan fingerprint density at radius 2 is 2.28 bits per heavy atom. The quantitative estimate of drug-likeness (QED) is 0.880. The molecule has 0 bridgehead atoms. The van der Waals surface area contributed by atoms with Crippen LogP contribution in [0.2, 0.25) is 0 Å². The normalized spacial score (nSPS) is 20.0. The predicted octanol–water partition coefficient (Wildman–Crippen LogP) is 1.67. The molecule has 1 saturated heterocycles. The number of rotatable bonds is 4. The van der Waals surface area contributed by atoms with Gasteiger partial charge in [-0.05, 0) is 19.8 Å². The number of piperidine rings is 1. The van der Waals surface area contributed by atoms with E-state index < -0.39 is 0 Å². The van der Waals surface area contributed by atoms with Crippen molar-refractivity contribution in [1.29, 1.82) is 0 Å². The first-order valence-corrected chi connectivity index (χ1v) is 6.54. The molecule has 5 nitrogen and oxygen atoms in total. The standard InChI is InChI=1S/C13H20N4O/c1-3-14-12-8-15-11(7-16-12)9-17-6-4-5-10(2)13(17)18/h7-8,10H,3-6,9H2,1-2H3,(H,14,16). The van der Waals surface area contributed by atoms with Gasteiger partial charge in [0, 0.05) is 19.0 Å². The van der Waals surface area contributed by atoms with Gasteiger partial charge in [0.1, 0.15) is 5.82 Å². The summed E-state index contributed by atoms with van der Waals surface area (Å²) in [6.45, 7) is 6.25. The third-order valence-electron chi connectivity index (χ3n) is 3.21. The molecule has 0 aliphatic carbocycles. The van der Waals surface area contributed by atoms with Crippen molar-refractivity contribution in [3.8, 4) is 0 Å². The van der Waals surface area contributed by atoms with Crippen LogP contribution in [0.5, 0.6) is 0 Å². The number of aromatic nitrogens is 2. The number of anilines is 1. The van der Waals surface area contributed by atoms with Crippen molar-refractivity contribution in [2.45, 2.75) is 33.2 Å². The Morgan fingerprint density at radius 1 is 1.44 bits per heavy atom. The number of carbonyl (C=O) groups excluding carboxylic acids is 1. The number of hydrogen-bond donors (Lipinski definition) is 1. The molecule has 0 spiro atoms. The second kappa shape index (κ2) is 5.80. The summed E-state index contributed by atoms with van der Waals surface area (Å²) in [5.74, 6) is 1.16. The summed E-state index contributed by atoms with van der Waals surface area (Å²) in [7, 11) is 0. The Hall–Kier alpha value is -1.65. The Bertz CT molecular complexity index is 404. The Balaban J connectivity index is 1.98. The van der Waals surface area contributed by atoms with Crippen molar-refractivity contribution in [3.63, 3.8) is 0 Å². The third-order valence-corrected chi connectivity index (χ3v) is 3.21. The summed E-state index contributed by atoms with van der Waals surface area (Å²) in [4.78, 5) is 22.4.